The highest BCUT2D eigenvalue weighted by atomic mass is 32.2. The fourth-order valence-electron chi connectivity index (χ4n) is 7.57. The Labute approximate surface area is 224 Å². The predicted octanol–water partition coefficient (Wildman–Crippen LogP) is 4.32. The lowest BCUT2D eigenvalue weighted by atomic mass is 9.68. The van der Waals surface area contributed by atoms with Gasteiger partial charge in [-0.15, -0.1) is 11.8 Å². The Morgan fingerprint density at radius 3 is 2.24 bits per heavy atom. The van der Waals surface area contributed by atoms with Crippen LogP contribution in [0.15, 0.2) is 34.1 Å². The SMILES string of the molecule is CC(C)C(C(=O)O)N1C(=O)C2C3CC(C2C1=O)C1C(c2ccc(C(C)(C)C)cc2)c2sc(=O)[nH]c2SC31. The molecule has 3 heterocycles. The molecule has 8 atom stereocenters. The summed E-state index contributed by atoms with van der Waals surface area (Å²) in [5.41, 5.74) is 2.38. The van der Waals surface area contributed by atoms with Crippen LogP contribution >= 0.6 is 23.1 Å². The molecular weight excluding hydrogens is 508 g/mol. The number of nitrogens with zero attached hydrogens (tertiary/aromatic N) is 1. The number of benzene rings is 1. The maximum Gasteiger partial charge on any atom is 0.327 e. The molecular formula is C28H32N2O5S2. The van der Waals surface area contributed by atoms with Gasteiger partial charge in [0.25, 0.3) is 0 Å². The second-order valence-corrected chi connectivity index (χ2v) is 14.6. The molecule has 196 valence electrons. The quantitative estimate of drug-likeness (QED) is 0.560. The lowest BCUT2D eigenvalue weighted by molar-refractivity contribution is -0.157. The number of hydrogen-bond acceptors (Lipinski definition) is 6. The van der Waals surface area contributed by atoms with E-state index in [1.54, 1.807) is 25.6 Å². The molecule has 1 saturated heterocycles. The molecule has 1 aromatic heterocycles. The van der Waals surface area contributed by atoms with E-state index in [0.29, 0.717) is 0 Å². The van der Waals surface area contributed by atoms with Gasteiger partial charge in [0, 0.05) is 16.0 Å². The molecule has 2 amide bonds. The van der Waals surface area contributed by atoms with Gasteiger partial charge in [-0.05, 0) is 46.6 Å². The number of nitrogens with one attached hydrogen (secondary N) is 1. The number of H-pyrrole nitrogens is 1. The van der Waals surface area contributed by atoms with Crippen LogP contribution in [0.3, 0.4) is 0 Å². The molecule has 9 heteroatoms. The number of carboxylic acid groups (broad SMARTS) is 1. The number of likely N-dealkylation sites (tertiary alicyclic amines) is 1. The normalized spacial score (nSPS) is 33.0. The van der Waals surface area contributed by atoms with Crippen LogP contribution in [0.2, 0.25) is 0 Å². The number of aromatic nitrogens is 1. The van der Waals surface area contributed by atoms with E-state index in [1.165, 1.54) is 16.9 Å². The predicted molar refractivity (Wildman–Crippen MR) is 142 cm³/mol. The average molecular weight is 541 g/mol. The van der Waals surface area contributed by atoms with E-state index in [9.17, 15) is 24.3 Å². The topological polar surface area (TPSA) is 108 Å². The van der Waals surface area contributed by atoms with Crippen LogP contribution in [0.4, 0.5) is 0 Å². The summed E-state index contributed by atoms with van der Waals surface area (Å²) in [6.07, 6.45) is 0.790. The third kappa shape index (κ3) is 3.52. The van der Waals surface area contributed by atoms with Gasteiger partial charge in [0.05, 0.1) is 16.9 Å². The molecule has 0 radical (unpaired) electrons. The first kappa shape index (κ1) is 24.9. The molecule has 3 fully saturated rings. The fourth-order valence-corrected chi connectivity index (χ4v) is 10.5. The molecule has 2 bridgehead atoms. The van der Waals surface area contributed by atoms with Gasteiger partial charge >= 0.3 is 10.8 Å². The summed E-state index contributed by atoms with van der Waals surface area (Å²) in [5, 5.41) is 10.8. The Morgan fingerprint density at radius 1 is 1.05 bits per heavy atom. The lowest BCUT2D eigenvalue weighted by Gasteiger charge is -2.43. The van der Waals surface area contributed by atoms with Gasteiger partial charge in [-0.2, -0.15) is 0 Å². The number of thioether (sulfide) groups is 1. The van der Waals surface area contributed by atoms with Crippen molar-refractivity contribution >= 4 is 40.9 Å². The van der Waals surface area contributed by atoms with E-state index >= 15 is 0 Å². The molecule has 0 spiro atoms. The van der Waals surface area contributed by atoms with Gasteiger partial charge in [-0.25, -0.2) is 4.79 Å². The number of fused-ring (bicyclic) bond motifs is 9. The molecule has 8 unspecified atom stereocenters. The fraction of sp³-hybridized carbons (Fsp3) is 0.571. The van der Waals surface area contributed by atoms with E-state index in [2.05, 4.69) is 50.0 Å². The van der Waals surface area contributed by atoms with Gasteiger partial charge in [0.2, 0.25) is 11.8 Å². The van der Waals surface area contributed by atoms with Crippen molar-refractivity contribution in [3.63, 3.8) is 0 Å². The molecule has 2 aliphatic heterocycles. The van der Waals surface area contributed by atoms with Crippen molar-refractivity contribution in [3.05, 3.63) is 49.9 Å². The highest BCUT2D eigenvalue weighted by Gasteiger charge is 2.70. The van der Waals surface area contributed by atoms with Crippen molar-refractivity contribution in [1.82, 2.24) is 9.88 Å². The Morgan fingerprint density at radius 2 is 1.68 bits per heavy atom. The summed E-state index contributed by atoms with van der Waals surface area (Å²) in [6.45, 7) is 10.0. The van der Waals surface area contributed by atoms with E-state index in [-0.39, 0.29) is 56.9 Å². The minimum Gasteiger partial charge on any atom is -0.480 e. The Hall–Kier alpha value is -2.39. The smallest absolute Gasteiger partial charge is 0.327 e. The van der Waals surface area contributed by atoms with Gasteiger partial charge < -0.3 is 10.1 Å². The summed E-state index contributed by atoms with van der Waals surface area (Å²) in [4.78, 5) is 56.9. The maximum absolute atomic E-state index is 13.7. The zero-order valence-corrected chi connectivity index (χ0v) is 23.2. The second-order valence-electron chi connectivity index (χ2n) is 12.4. The molecule has 2 aliphatic carbocycles. The van der Waals surface area contributed by atoms with Crippen molar-refractivity contribution in [2.45, 2.75) is 68.7 Å². The van der Waals surface area contributed by atoms with Crippen LogP contribution in [0.1, 0.15) is 63.0 Å². The van der Waals surface area contributed by atoms with E-state index in [1.807, 2.05) is 0 Å². The Kier molecular flexibility index (Phi) is 5.59. The number of carbonyl (C=O) groups is 3. The molecule has 2 saturated carbocycles. The second kappa shape index (κ2) is 8.30. The molecule has 1 aromatic carbocycles. The highest BCUT2D eigenvalue weighted by molar-refractivity contribution is 8.00. The van der Waals surface area contributed by atoms with Crippen molar-refractivity contribution in [1.29, 1.82) is 0 Å². The molecule has 37 heavy (non-hydrogen) atoms. The van der Waals surface area contributed by atoms with E-state index in [0.717, 1.165) is 26.8 Å². The third-order valence-electron chi connectivity index (χ3n) is 9.06. The summed E-state index contributed by atoms with van der Waals surface area (Å²) in [6, 6.07) is 7.48. The minimum absolute atomic E-state index is 0.0130. The summed E-state index contributed by atoms with van der Waals surface area (Å²) in [5.74, 6) is -3.05. The highest BCUT2D eigenvalue weighted by Crippen LogP contribution is 2.68. The number of imide groups is 1. The third-order valence-corrected chi connectivity index (χ3v) is 11.6. The van der Waals surface area contributed by atoms with Crippen LogP contribution in [-0.2, 0) is 19.8 Å². The summed E-state index contributed by atoms with van der Waals surface area (Å²) >= 11 is 2.90. The van der Waals surface area contributed by atoms with Crippen LogP contribution in [0, 0.1) is 35.5 Å². The van der Waals surface area contributed by atoms with Crippen molar-refractivity contribution in [3.8, 4) is 0 Å². The Balaban J connectivity index is 1.42. The van der Waals surface area contributed by atoms with Crippen LogP contribution in [-0.4, -0.2) is 44.1 Å². The zero-order valence-electron chi connectivity index (χ0n) is 21.6. The van der Waals surface area contributed by atoms with Crippen molar-refractivity contribution in [2.24, 2.45) is 35.5 Å². The van der Waals surface area contributed by atoms with E-state index < -0.39 is 23.8 Å². The molecule has 2 aromatic rings. The van der Waals surface area contributed by atoms with Crippen LogP contribution in [0.5, 0.6) is 0 Å². The maximum atomic E-state index is 13.7. The van der Waals surface area contributed by atoms with Crippen LogP contribution < -0.4 is 4.87 Å². The molecule has 2 N–H and O–H groups in total. The number of hydrogen-bond donors (Lipinski definition) is 2. The first-order chi connectivity index (χ1) is 17.4. The van der Waals surface area contributed by atoms with Crippen LogP contribution in [0.25, 0.3) is 0 Å². The molecule has 6 rings (SSSR count). The number of carboxylic acids is 1. The number of carbonyl (C=O) groups excluding carboxylic acids is 2. The largest absolute Gasteiger partial charge is 0.480 e. The van der Waals surface area contributed by atoms with Crippen molar-refractivity contribution in [2.75, 3.05) is 0 Å². The first-order valence-electron chi connectivity index (χ1n) is 13.0. The van der Waals surface area contributed by atoms with Crippen molar-refractivity contribution < 1.29 is 19.5 Å². The molecule has 7 nitrogen and oxygen atoms in total. The average Bonchev–Trinajstić information content (AvgIpc) is 3.53. The summed E-state index contributed by atoms with van der Waals surface area (Å²) in [7, 11) is 0. The minimum atomic E-state index is -1.14. The number of thiazole rings is 1. The Bertz CT molecular complexity index is 1350. The van der Waals surface area contributed by atoms with E-state index in [4.69, 9.17) is 0 Å². The molecule has 4 aliphatic rings. The zero-order chi connectivity index (χ0) is 26.5. The summed E-state index contributed by atoms with van der Waals surface area (Å²) < 4.78 is 0. The monoisotopic (exact) mass is 540 g/mol. The van der Waals surface area contributed by atoms with Gasteiger partial charge in [0.1, 0.15) is 6.04 Å². The number of amides is 2. The lowest BCUT2D eigenvalue weighted by Crippen LogP contribution is -2.49. The number of aromatic amines is 1. The number of aliphatic carboxylic acids is 1. The number of rotatable bonds is 4. The first-order valence-corrected chi connectivity index (χ1v) is 14.7. The standard InChI is InChI=1S/C28H32N2O5S2/c1-11(2)20(26(33)34)30-24(31)18-14-10-15(19(18)25(30)32)21-17(14)16(22-23(36-21)29-27(35)37-22)12-6-8-13(9-7-12)28(3,4)5/h6-9,11,14-21H,10H2,1-5H3,(H,29,35)(H,33,34). The van der Waals surface area contributed by atoms with Gasteiger partial charge in [-0.3, -0.25) is 19.3 Å². The van der Waals surface area contributed by atoms with Gasteiger partial charge in [-0.1, -0.05) is 70.2 Å². The van der Waals surface area contributed by atoms with Gasteiger partial charge in [0.15, 0.2) is 0 Å².